The van der Waals surface area contributed by atoms with Gasteiger partial charge >= 0.3 is 5.97 Å². The Labute approximate surface area is 201 Å². The molecule has 1 N–H and O–H groups in total. The van der Waals surface area contributed by atoms with Crippen molar-refractivity contribution in [1.82, 2.24) is 20.2 Å². The highest BCUT2D eigenvalue weighted by Gasteiger charge is 2.36. The molecule has 172 valence electrons. The molecule has 0 amide bonds. The van der Waals surface area contributed by atoms with E-state index < -0.39 is 12.0 Å². The molecular formula is C24H26BrN5O3. The average Bonchev–Trinajstić information content (AvgIpc) is 3.24. The van der Waals surface area contributed by atoms with Gasteiger partial charge in [0.15, 0.2) is 0 Å². The van der Waals surface area contributed by atoms with Crippen LogP contribution in [0.2, 0.25) is 0 Å². The molecule has 1 unspecified atom stereocenters. The first-order valence-electron chi connectivity index (χ1n) is 10.5. The van der Waals surface area contributed by atoms with Crippen LogP contribution < -0.4 is 10.1 Å². The first-order chi connectivity index (χ1) is 15.7. The number of nitrogens with one attached hydrogen (secondary N) is 1. The van der Waals surface area contributed by atoms with E-state index in [0.29, 0.717) is 29.6 Å². The highest BCUT2D eigenvalue weighted by atomic mass is 79.9. The van der Waals surface area contributed by atoms with Crippen LogP contribution in [-0.2, 0) is 21.6 Å². The molecule has 0 fully saturated rings. The summed E-state index contributed by atoms with van der Waals surface area (Å²) in [6.07, 6.45) is 0. The summed E-state index contributed by atoms with van der Waals surface area (Å²) in [5, 5.41) is 15.0. The second-order valence-electron chi connectivity index (χ2n) is 8.92. The second kappa shape index (κ2) is 8.97. The summed E-state index contributed by atoms with van der Waals surface area (Å²) < 4.78 is 13.7. The number of nitrogens with zero attached hydrogens (tertiary/aromatic N) is 4. The van der Waals surface area contributed by atoms with Gasteiger partial charge in [-0.05, 0) is 52.1 Å². The van der Waals surface area contributed by atoms with E-state index in [2.05, 4.69) is 81.8 Å². The normalized spacial score (nSPS) is 15.6. The molecule has 0 saturated carbocycles. The molecule has 2 aromatic carbocycles. The van der Waals surface area contributed by atoms with Crippen LogP contribution in [0.4, 0.5) is 5.95 Å². The van der Waals surface area contributed by atoms with Crippen LogP contribution in [0.5, 0.6) is 5.75 Å². The maximum Gasteiger partial charge on any atom is 0.338 e. The fourth-order valence-electron chi connectivity index (χ4n) is 3.80. The number of halogens is 1. The summed E-state index contributed by atoms with van der Waals surface area (Å²) in [5.74, 6) is 0.601. The Balaban J connectivity index is 1.70. The minimum atomic E-state index is -0.612. The van der Waals surface area contributed by atoms with Gasteiger partial charge in [-0.25, -0.2) is 4.79 Å². The molecule has 1 aromatic heterocycles. The minimum absolute atomic E-state index is 0.0886. The number of carbonyl (C=O) groups is 1. The van der Waals surface area contributed by atoms with E-state index >= 15 is 0 Å². The van der Waals surface area contributed by atoms with E-state index in [9.17, 15) is 4.79 Å². The summed E-state index contributed by atoms with van der Waals surface area (Å²) in [6.45, 7) is 8.74. The standard InChI is InChI=1S/C24H26BrN5O3/c1-14-20(22(31)32-5)21(30-23(26-14)27-28-29-30)18-12-17(25)10-11-19(18)33-13-15-6-8-16(9-7-15)24(2,3)4/h6-12,21H,13H2,1-5H3,(H,26,27,29). The van der Waals surface area contributed by atoms with E-state index in [1.54, 1.807) is 11.6 Å². The SMILES string of the molecule is COC(=O)C1=C(C)Nc2nnnn2C1c1cc(Br)ccc1OCc1ccc(C(C)(C)C)cc1. The molecule has 33 heavy (non-hydrogen) atoms. The molecule has 0 bridgehead atoms. The van der Waals surface area contributed by atoms with Gasteiger partial charge in [0.2, 0.25) is 5.95 Å². The summed E-state index contributed by atoms with van der Waals surface area (Å²) >= 11 is 3.54. The summed E-state index contributed by atoms with van der Waals surface area (Å²) in [4.78, 5) is 12.7. The third kappa shape index (κ3) is 4.64. The van der Waals surface area contributed by atoms with Gasteiger partial charge in [0.25, 0.3) is 0 Å². The Morgan fingerprint density at radius 1 is 1.18 bits per heavy atom. The molecule has 2 heterocycles. The molecule has 0 saturated heterocycles. The zero-order valence-electron chi connectivity index (χ0n) is 19.2. The van der Waals surface area contributed by atoms with E-state index in [1.165, 1.54) is 12.7 Å². The molecule has 3 aromatic rings. The van der Waals surface area contributed by atoms with Crippen molar-refractivity contribution >= 4 is 27.8 Å². The fraction of sp³-hybridized carbons (Fsp3) is 0.333. The van der Waals surface area contributed by atoms with Gasteiger partial charge in [-0.2, -0.15) is 4.68 Å². The molecule has 1 aliphatic rings. The Hall–Kier alpha value is -3.20. The van der Waals surface area contributed by atoms with Crippen molar-refractivity contribution < 1.29 is 14.3 Å². The van der Waals surface area contributed by atoms with Gasteiger partial charge in [-0.15, -0.1) is 0 Å². The lowest BCUT2D eigenvalue weighted by Crippen LogP contribution is -2.29. The molecule has 8 nitrogen and oxygen atoms in total. The van der Waals surface area contributed by atoms with E-state index in [1.807, 2.05) is 18.2 Å². The quantitative estimate of drug-likeness (QED) is 0.493. The number of ether oxygens (including phenoxy) is 2. The lowest BCUT2D eigenvalue weighted by molar-refractivity contribution is -0.136. The molecule has 0 radical (unpaired) electrons. The van der Waals surface area contributed by atoms with Crippen molar-refractivity contribution in [2.75, 3.05) is 12.4 Å². The Morgan fingerprint density at radius 3 is 2.58 bits per heavy atom. The Morgan fingerprint density at radius 2 is 1.91 bits per heavy atom. The van der Waals surface area contributed by atoms with Crippen molar-refractivity contribution in [3.63, 3.8) is 0 Å². The monoisotopic (exact) mass is 511 g/mol. The van der Waals surface area contributed by atoms with Crippen LogP contribution in [-0.4, -0.2) is 33.3 Å². The van der Waals surface area contributed by atoms with E-state index in [4.69, 9.17) is 9.47 Å². The van der Waals surface area contributed by atoms with Crippen LogP contribution in [0.25, 0.3) is 0 Å². The number of aromatic nitrogens is 4. The minimum Gasteiger partial charge on any atom is -0.489 e. The van der Waals surface area contributed by atoms with Gasteiger partial charge in [0.05, 0.1) is 12.7 Å². The first-order valence-corrected chi connectivity index (χ1v) is 11.3. The number of methoxy groups -OCH3 is 1. The number of carbonyl (C=O) groups excluding carboxylic acids is 1. The Bertz CT molecular complexity index is 1210. The zero-order valence-corrected chi connectivity index (χ0v) is 20.8. The van der Waals surface area contributed by atoms with Gasteiger partial charge in [0, 0.05) is 15.7 Å². The van der Waals surface area contributed by atoms with Gasteiger partial charge < -0.3 is 14.8 Å². The number of hydrogen-bond acceptors (Lipinski definition) is 7. The van der Waals surface area contributed by atoms with Gasteiger partial charge in [-0.3, -0.25) is 0 Å². The number of benzene rings is 2. The van der Waals surface area contributed by atoms with Crippen molar-refractivity contribution in [3.8, 4) is 5.75 Å². The van der Waals surface area contributed by atoms with Crippen molar-refractivity contribution in [1.29, 1.82) is 0 Å². The lowest BCUT2D eigenvalue weighted by atomic mass is 9.87. The van der Waals surface area contributed by atoms with Crippen molar-refractivity contribution in [2.24, 2.45) is 0 Å². The predicted octanol–water partition coefficient (Wildman–Crippen LogP) is 4.77. The summed E-state index contributed by atoms with van der Waals surface area (Å²) in [7, 11) is 1.36. The van der Waals surface area contributed by atoms with Crippen molar-refractivity contribution in [3.05, 3.63) is 74.9 Å². The fourth-order valence-corrected chi connectivity index (χ4v) is 4.18. The smallest absolute Gasteiger partial charge is 0.338 e. The number of hydrogen-bond donors (Lipinski definition) is 1. The molecule has 0 aliphatic carbocycles. The van der Waals surface area contributed by atoms with Crippen LogP contribution in [0.1, 0.15) is 50.4 Å². The van der Waals surface area contributed by atoms with Crippen LogP contribution in [0.15, 0.2) is 58.2 Å². The van der Waals surface area contributed by atoms with Crippen LogP contribution >= 0.6 is 15.9 Å². The predicted molar refractivity (Wildman–Crippen MR) is 128 cm³/mol. The molecular weight excluding hydrogens is 486 g/mol. The molecule has 1 aliphatic heterocycles. The zero-order chi connectivity index (χ0) is 23.8. The number of allylic oxidation sites excluding steroid dienone is 1. The number of rotatable bonds is 5. The Kier molecular flexibility index (Phi) is 6.25. The summed E-state index contributed by atoms with van der Waals surface area (Å²) in [6, 6.07) is 13.5. The van der Waals surface area contributed by atoms with Crippen LogP contribution in [0.3, 0.4) is 0 Å². The summed E-state index contributed by atoms with van der Waals surface area (Å²) in [5.41, 5.74) is 4.17. The topological polar surface area (TPSA) is 91.2 Å². The molecule has 4 rings (SSSR count). The third-order valence-electron chi connectivity index (χ3n) is 5.60. The van der Waals surface area contributed by atoms with Gasteiger partial charge in [-0.1, -0.05) is 66.1 Å². The highest BCUT2D eigenvalue weighted by Crippen LogP contribution is 2.40. The average molecular weight is 512 g/mol. The highest BCUT2D eigenvalue weighted by molar-refractivity contribution is 9.10. The lowest BCUT2D eigenvalue weighted by Gasteiger charge is -2.28. The maximum absolute atomic E-state index is 12.7. The first kappa shape index (κ1) is 23.0. The van der Waals surface area contributed by atoms with Crippen molar-refractivity contribution in [2.45, 2.75) is 45.8 Å². The molecule has 1 atom stereocenters. The molecule has 0 spiro atoms. The van der Waals surface area contributed by atoms with E-state index in [-0.39, 0.29) is 5.41 Å². The van der Waals surface area contributed by atoms with Crippen LogP contribution in [0, 0.1) is 0 Å². The number of fused-ring (bicyclic) bond motifs is 1. The number of anilines is 1. The van der Waals surface area contributed by atoms with Gasteiger partial charge in [0.1, 0.15) is 18.4 Å². The second-order valence-corrected chi connectivity index (χ2v) is 9.84. The maximum atomic E-state index is 12.7. The number of esters is 1. The largest absolute Gasteiger partial charge is 0.489 e. The van der Waals surface area contributed by atoms with E-state index in [0.717, 1.165) is 15.6 Å². The molecule has 9 heteroatoms. The number of tetrazole rings is 1. The third-order valence-corrected chi connectivity index (χ3v) is 6.09.